The van der Waals surface area contributed by atoms with Gasteiger partial charge in [-0.15, -0.1) is 0 Å². The van der Waals surface area contributed by atoms with Crippen LogP contribution in [0.5, 0.6) is 0 Å². The molecule has 1 aromatic carbocycles. The number of fused-ring (bicyclic) bond motifs is 3. The van der Waals surface area contributed by atoms with Crippen LogP contribution >= 0.6 is 0 Å². The van der Waals surface area contributed by atoms with Gasteiger partial charge in [-0.1, -0.05) is 36.9 Å². The summed E-state index contributed by atoms with van der Waals surface area (Å²) in [6.07, 6.45) is 9.93. The first-order chi connectivity index (χ1) is 9.27. The predicted molar refractivity (Wildman–Crippen MR) is 82.2 cm³/mol. The van der Waals surface area contributed by atoms with Gasteiger partial charge in [-0.05, 0) is 30.9 Å². The van der Waals surface area contributed by atoms with E-state index in [0.29, 0.717) is 0 Å². The van der Waals surface area contributed by atoms with E-state index in [1.807, 2.05) is 25.4 Å². The van der Waals surface area contributed by atoms with Gasteiger partial charge in [0.15, 0.2) is 0 Å². The van der Waals surface area contributed by atoms with Gasteiger partial charge in [0.1, 0.15) is 5.65 Å². The Labute approximate surface area is 112 Å². The highest BCUT2D eigenvalue weighted by atomic mass is 15.0. The lowest BCUT2D eigenvalue weighted by atomic mass is 9.99. The number of rotatable bonds is 2. The molecule has 0 bridgehead atoms. The number of allylic oxidation sites excluding steroid dienone is 1. The molecule has 2 heterocycles. The van der Waals surface area contributed by atoms with Crippen LogP contribution in [0.15, 0.2) is 43.2 Å². The Morgan fingerprint density at radius 3 is 2.89 bits per heavy atom. The monoisotopic (exact) mass is 248 g/mol. The maximum absolute atomic E-state index is 4.51. The summed E-state index contributed by atoms with van der Waals surface area (Å²) in [7, 11) is 0. The summed E-state index contributed by atoms with van der Waals surface area (Å²) in [5.41, 5.74) is 4.52. The highest BCUT2D eigenvalue weighted by molar-refractivity contribution is 6.03. The van der Waals surface area contributed by atoms with Crippen LogP contribution in [0.3, 0.4) is 0 Å². The van der Waals surface area contributed by atoms with E-state index in [4.69, 9.17) is 0 Å². The van der Waals surface area contributed by atoms with Gasteiger partial charge in [0.2, 0.25) is 0 Å². The second kappa shape index (κ2) is 4.39. The maximum Gasteiger partial charge on any atom is 0.145 e. The van der Waals surface area contributed by atoms with Crippen molar-refractivity contribution < 1.29 is 0 Å². The minimum absolute atomic E-state index is 0.997. The van der Waals surface area contributed by atoms with Gasteiger partial charge < -0.3 is 0 Å². The van der Waals surface area contributed by atoms with Gasteiger partial charge in [-0.25, -0.2) is 4.98 Å². The number of aryl methyl sites for hydroxylation is 1. The number of hydrogen-bond donors (Lipinski definition) is 0. The standard InChI is InChI=1S/C17H16N2/c1-4-7-13-14-9-6-8-12(3)16(14)17-18-10-11-19(17)15(13)5-2/h4-11H,2H2,1,3H3/b7-4-. The van der Waals surface area contributed by atoms with E-state index in [9.17, 15) is 0 Å². The van der Waals surface area contributed by atoms with Crippen molar-refractivity contribution in [3.63, 3.8) is 0 Å². The van der Waals surface area contributed by atoms with Gasteiger partial charge in [0.25, 0.3) is 0 Å². The van der Waals surface area contributed by atoms with Crippen molar-refractivity contribution in [2.45, 2.75) is 13.8 Å². The van der Waals surface area contributed by atoms with E-state index < -0.39 is 0 Å². The molecule has 0 N–H and O–H groups in total. The van der Waals surface area contributed by atoms with Gasteiger partial charge in [-0.2, -0.15) is 0 Å². The molecule has 3 aromatic rings. The van der Waals surface area contributed by atoms with Crippen molar-refractivity contribution in [3.8, 4) is 0 Å². The van der Waals surface area contributed by atoms with Gasteiger partial charge >= 0.3 is 0 Å². The van der Waals surface area contributed by atoms with Gasteiger partial charge in [-0.3, -0.25) is 4.40 Å². The fourth-order valence-corrected chi connectivity index (χ4v) is 2.69. The van der Waals surface area contributed by atoms with Crippen molar-refractivity contribution in [3.05, 3.63) is 60.1 Å². The molecule has 0 fully saturated rings. The molecule has 0 spiro atoms. The summed E-state index contributed by atoms with van der Waals surface area (Å²) >= 11 is 0. The molecule has 2 nitrogen and oxygen atoms in total. The third kappa shape index (κ3) is 1.60. The Hall–Kier alpha value is -2.35. The fraction of sp³-hybridized carbons (Fsp3) is 0.118. The number of hydrogen-bond acceptors (Lipinski definition) is 1. The zero-order valence-electron chi connectivity index (χ0n) is 11.2. The lowest BCUT2D eigenvalue weighted by molar-refractivity contribution is 1.17. The second-order valence-corrected chi connectivity index (χ2v) is 4.62. The average Bonchev–Trinajstić information content (AvgIpc) is 2.88. The zero-order valence-corrected chi connectivity index (χ0v) is 11.2. The average molecular weight is 248 g/mol. The van der Waals surface area contributed by atoms with Crippen molar-refractivity contribution in [2.24, 2.45) is 0 Å². The minimum Gasteiger partial charge on any atom is -0.299 e. The summed E-state index contributed by atoms with van der Waals surface area (Å²) < 4.78 is 2.11. The first-order valence-corrected chi connectivity index (χ1v) is 6.41. The van der Waals surface area contributed by atoms with E-state index >= 15 is 0 Å². The maximum atomic E-state index is 4.51. The molecule has 0 aliphatic heterocycles. The lowest BCUT2D eigenvalue weighted by Gasteiger charge is -2.12. The number of imidazole rings is 1. The van der Waals surface area contributed by atoms with Crippen LogP contribution in [0.4, 0.5) is 0 Å². The summed E-state index contributed by atoms with van der Waals surface area (Å²) in [6, 6.07) is 6.38. The molecular formula is C17H16N2. The number of benzene rings is 1. The van der Waals surface area contributed by atoms with Crippen LogP contribution in [-0.2, 0) is 0 Å². The Morgan fingerprint density at radius 1 is 1.32 bits per heavy atom. The summed E-state index contributed by atoms with van der Waals surface area (Å²) in [6.45, 7) is 8.11. The second-order valence-electron chi connectivity index (χ2n) is 4.62. The fourth-order valence-electron chi connectivity index (χ4n) is 2.69. The number of pyridine rings is 1. The van der Waals surface area contributed by atoms with Crippen LogP contribution < -0.4 is 0 Å². The van der Waals surface area contributed by atoms with Gasteiger partial charge in [0, 0.05) is 23.3 Å². The van der Waals surface area contributed by atoms with Crippen LogP contribution in [0.1, 0.15) is 23.7 Å². The van der Waals surface area contributed by atoms with E-state index in [2.05, 4.69) is 53.2 Å². The molecule has 94 valence electrons. The molecule has 0 amide bonds. The molecule has 2 aromatic heterocycles. The molecule has 19 heavy (non-hydrogen) atoms. The highest BCUT2D eigenvalue weighted by Crippen LogP contribution is 2.30. The molecule has 0 saturated heterocycles. The molecular weight excluding hydrogens is 232 g/mol. The molecule has 0 aliphatic rings. The highest BCUT2D eigenvalue weighted by Gasteiger charge is 2.12. The van der Waals surface area contributed by atoms with Crippen LogP contribution in [-0.4, -0.2) is 9.38 Å². The first-order valence-electron chi connectivity index (χ1n) is 6.41. The van der Waals surface area contributed by atoms with Gasteiger partial charge in [0.05, 0.1) is 5.69 Å². The smallest absolute Gasteiger partial charge is 0.145 e. The van der Waals surface area contributed by atoms with Crippen molar-refractivity contribution >= 4 is 28.6 Å². The summed E-state index contributed by atoms with van der Waals surface area (Å²) in [4.78, 5) is 4.51. The third-order valence-corrected chi connectivity index (χ3v) is 3.49. The predicted octanol–water partition coefficient (Wildman–Crippen LogP) is 4.47. The SMILES string of the molecule is C=Cc1c(/C=C\C)c2cccc(C)c2c2nccn12. The largest absolute Gasteiger partial charge is 0.299 e. The number of nitrogens with zero attached hydrogens (tertiary/aromatic N) is 2. The van der Waals surface area contributed by atoms with E-state index in [0.717, 1.165) is 11.3 Å². The molecule has 3 rings (SSSR count). The number of aromatic nitrogens is 2. The molecule has 0 aliphatic carbocycles. The summed E-state index contributed by atoms with van der Waals surface area (Å²) in [5, 5.41) is 2.44. The first kappa shape index (κ1) is 11.7. The van der Waals surface area contributed by atoms with Crippen molar-refractivity contribution in [1.82, 2.24) is 9.38 Å². The Kier molecular flexibility index (Phi) is 2.71. The molecule has 0 unspecified atom stereocenters. The van der Waals surface area contributed by atoms with Crippen LogP contribution in [0.2, 0.25) is 0 Å². The molecule has 0 radical (unpaired) electrons. The van der Waals surface area contributed by atoms with E-state index in [1.165, 1.54) is 21.9 Å². The van der Waals surface area contributed by atoms with E-state index in [-0.39, 0.29) is 0 Å². The van der Waals surface area contributed by atoms with Crippen LogP contribution in [0.25, 0.3) is 28.6 Å². The van der Waals surface area contributed by atoms with Crippen molar-refractivity contribution in [1.29, 1.82) is 0 Å². The normalized spacial score (nSPS) is 11.7. The molecule has 0 saturated carbocycles. The van der Waals surface area contributed by atoms with Crippen molar-refractivity contribution in [2.75, 3.05) is 0 Å². The topological polar surface area (TPSA) is 17.3 Å². The Bertz CT molecular complexity index is 807. The Balaban J connectivity index is 2.67. The van der Waals surface area contributed by atoms with Crippen LogP contribution in [0, 0.1) is 6.92 Å². The molecule has 0 atom stereocenters. The lowest BCUT2D eigenvalue weighted by Crippen LogP contribution is -1.97. The Morgan fingerprint density at radius 2 is 2.16 bits per heavy atom. The zero-order chi connectivity index (χ0) is 13.4. The minimum atomic E-state index is 0.997. The summed E-state index contributed by atoms with van der Waals surface area (Å²) in [5.74, 6) is 0. The molecule has 2 heteroatoms. The third-order valence-electron chi connectivity index (χ3n) is 3.49. The van der Waals surface area contributed by atoms with E-state index in [1.54, 1.807) is 0 Å². The quantitative estimate of drug-likeness (QED) is 0.654.